The first-order chi connectivity index (χ1) is 11.3. The number of aromatic nitrogens is 1. The third-order valence-corrected chi connectivity index (χ3v) is 4.89. The van der Waals surface area contributed by atoms with Gasteiger partial charge >= 0.3 is 0 Å². The van der Waals surface area contributed by atoms with Crippen molar-refractivity contribution in [3.05, 3.63) is 28.4 Å². The molecule has 0 spiro atoms. The molecule has 122 valence electrons. The molecule has 0 saturated heterocycles. The van der Waals surface area contributed by atoms with E-state index < -0.39 is 0 Å². The average molecular weight is 331 g/mol. The zero-order chi connectivity index (χ0) is 16.2. The molecule has 0 bridgehead atoms. The van der Waals surface area contributed by atoms with Crippen molar-refractivity contribution in [1.82, 2.24) is 4.68 Å². The van der Waals surface area contributed by atoms with E-state index in [0.717, 1.165) is 40.4 Å². The molecule has 1 aliphatic rings. The first-order valence-corrected chi connectivity index (χ1v) is 8.57. The molecular weight excluding hydrogens is 310 g/mol. The Bertz CT molecular complexity index is 781. The normalized spacial score (nSPS) is 15.1. The maximum atomic E-state index is 5.54. The molecule has 1 fully saturated rings. The van der Waals surface area contributed by atoms with Crippen LogP contribution < -0.4 is 14.3 Å². The lowest BCUT2D eigenvalue weighted by Crippen LogP contribution is -2.13. The Morgan fingerprint density at radius 2 is 1.91 bits per heavy atom. The number of methoxy groups -OCH3 is 2. The van der Waals surface area contributed by atoms with Crippen LogP contribution in [0.5, 0.6) is 11.5 Å². The van der Waals surface area contributed by atoms with Gasteiger partial charge in [0.25, 0.3) is 0 Å². The summed E-state index contributed by atoms with van der Waals surface area (Å²) in [5.41, 5.74) is 3.23. The average Bonchev–Trinajstić information content (AvgIpc) is 3.24. The van der Waals surface area contributed by atoms with E-state index in [9.17, 15) is 0 Å². The lowest BCUT2D eigenvalue weighted by molar-refractivity contribution is 0.395. The molecule has 1 saturated carbocycles. The van der Waals surface area contributed by atoms with Crippen LogP contribution in [-0.2, 0) is 0 Å². The van der Waals surface area contributed by atoms with Gasteiger partial charge in [-0.1, -0.05) is 0 Å². The van der Waals surface area contributed by atoms with Crippen molar-refractivity contribution < 1.29 is 9.47 Å². The minimum atomic E-state index is 0.769. The fraction of sp³-hybridized carbons (Fsp3) is 0.412. The minimum absolute atomic E-state index is 0.769. The van der Waals surface area contributed by atoms with Crippen LogP contribution >= 0.6 is 11.3 Å². The molecule has 3 rings (SSSR count). The highest BCUT2D eigenvalue weighted by Gasteiger charge is 2.15. The van der Waals surface area contributed by atoms with Crippen molar-refractivity contribution in [2.75, 3.05) is 21.3 Å². The number of thiazole rings is 1. The number of ether oxygens (including phenoxy) is 2. The van der Waals surface area contributed by atoms with E-state index >= 15 is 0 Å². The maximum absolute atomic E-state index is 5.54. The van der Waals surface area contributed by atoms with E-state index in [4.69, 9.17) is 14.6 Å². The number of hydrogen-bond donors (Lipinski definition) is 0. The molecular formula is C17H21N3O2S. The SMILES string of the molecule is CN=c1scc(-c2ccc(OC)cc2OC)n1N=C1CCCC1. The molecule has 2 aromatic rings. The molecule has 0 radical (unpaired) electrons. The molecule has 1 heterocycles. The number of rotatable bonds is 4. The van der Waals surface area contributed by atoms with Crippen molar-refractivity contribution in [3.8, 4) is 22.8 Å². The second-order valence-electron chi connectivity index (χ2n) is 5.38. The molecule has 0 unspecified atom stereocenters. The van der Waals surface area contributed by atoms with Crippen molar-refractivity contribution in [1.29, 1.82) is 0 Å². The van der Waals surface area contributed by atoms with Gasteiger partial charge in [0.15, 0.2) is 0 Å². The highest BCUT2D eigenvalue weighted by molar-refractivity contribution is 7.07. The monoisotopic (exact) mass is 331 g/mol. The number of benzene rings is 1. The zero-order valence-corrected chi connectivity index (χ0v) is 14.5. The van der Waals surface area contributed by atoms with Crippen molar-refractivity contribution in [3.63, 3.8) is 0 Å². The van der Waals surface area contributed by atoms with Crippen LogP contribution in [0.1, 0.15) is 25.7 Å². The molecule has 1 aromatic heterocycles. The summed E-state index contributed by atoms with van der Waals surface area (Å²) in [5, 5.41) is 6.92. The van der Waals surface area contributed by atoms with Gasteiger partial charge in [-0.2, -0.15) is 5.10 Å². The van der Waals surface area contributed by atoms with E-state index in [1.807, 2.05) is 22.9 Å². The van der Waals surface area contributed by atoms with Gasteiger partial charge in [0, 0.05) is 29.8 Å². The largest absolute Gasteiger partial charge is 0.497 e. The van der Waals surface area contributed by atoms with E-state index in [1.54, 1.807) is 32.6 Å². The van der Waals surface area contributed by atoms with E-state index in [0.29, 0.717) is 0 Å². The molecule has 5 nitrogen and oxygen atoms in total. The summed E-state index contributed by atoms with van der Waals surface area (Å²) in [6.07, 6.45) is 4.60. The van der Waals surface area contributed by atoms with Gasteiger partial charge in [-0.25, -0.2) is 4.68 Å². The minimum Gasteiger partial charge on any atom is -0.497 e. The molecule has 1 aliphatic carbocycles. The van der Waals surface area contributed by atoms with Crippen LogP contribution in [-0.4, -0.2) is 31.7 Å². The third kappa shape index (κ3) is 3.17. The summed E-state index contributed by atoms with van der Waals surface area (Å²) in [4.78, 5) is 5.24. The topological polar surface area (TPSA) is 48.1 Å². The molecule has 23 heavy (non-hydrogen) atoms. The molecule has 0 atom stereocenters. The Morgan fingerprint density at radius 1 is 1.13 bits per heavy atom. The summed E-state index contributed by atoms with van der Waals surface area (Å²) in [6, 6.07) is 5.83. The summed E-state index contributed by atoms with van der Waals surface area (Å²) >= 11 is 1.59. The summed E-state index contributed by atoms with van der Waals surface area (Å²) in [6.45, 7) is 0. The van der Waals surface area contributed by atoms with Gasteiger partial charge in [0.1, 0.15) is 11.5 Å². The Morgan fingerprint density at radius 3 is 2.57 bits per heavy atom. The lowest BCUT2D eigenvalue weighted by Gasteiger charge is -2.11. The van der Waals surface area contributed by atoms with Crippen LogP contribution in [0.4, 0.5) is 0 Å². The van der Waals surface area contributed by atoms with E-state index in [2.05, 4.69) is 10.4 Å². The highest BCUT2D eigenvalue weighted by atomic mass is 32.1. The molecule has 0 aliphatic heterocycles. The smallest absolute Gasteiger partial charge is 0.205 e. The van der Waals surface area contributed by atoms with Gasteiger partial charge < -0.3 is 9.47 Å². The van der Waals surface area contributed by atoms with Gasteiger partial charge in [0.2, 0.25) is 4.80 Å². The first kappa shape index (κ1) is 15.8. The highest BCUT2D eigenvalue weighted by Crippen LogP contribution is 2.33. The zero-order valence-electron chi connectivity index (χ0n) is 13.7. The maximum Gasteiger partial charge on any atom is 0.205 e. The number of nitrogens with zero attached hydrogens (tertiary/aromatic N) is 3. The van der Waals surface area contributed by atoms with Gasteiger partial charge in [-0.05, 0) is 37.8 Å². The fourth-order valence-electron chi connectivity index (χ4n) is 2.77. The quantitative estimate of drug-likeness (QED) is 0.860. The van der Waals surface area contributed by atoms with Crippen LogP contribution in [0.2, 0.25) is 0 Å². The second-order valence-corrected chi connectivity index (χ2v) is 6.22. The van der Waals surface area contributed by atoms with Crippen LogP contribution in [0.3, 0.4) is 0 Å². The molecule has 1 aromatic carbocycles. The second kappa shape index (κ2) is 7.00. The van der Waals surface area contributed by atoms with E-state index in [-0.39, 0.29) is 0 Å². The van der Waals surface area contributed by atoms with Crippen molar-refractivity contribution >= 4 is 17.0 Å². The standard InChI is InChI=1S/C17H21N3O2S/c1-18-17-20(19-12-6-4-5-7-12)15(11-23-17)14-9-8-13(21-2)10-16(14)22-3/h8-11H,4-7H2,1-3H3. The van der Waals surface area contributed by atoms with E-state index in [1.165, 1.54) is 18.6 Å². The van der Waals surface area contributed by atoms with Gasteiger partial charge in [0.05, 0.1) is 19.9 Å². The first-order valence-electron chi connectivity index (χ1n) is 7.69. The predicted molar refractivity (Wildman–Crippen MR) is 93.6 cm³/mol. The van der Waals surface area contributed by atoms with Crippen LogP contribution in [0.15, 0.2) is 33.7 Å². The van der Waals surface area contributed by atoms with Crippen molar-refractivity contribution in [2.24, 2.45) is 10.1 Å². The molecule has 0 N–H and O–H groups in total. The third-order valence-electron chi connectivity index (χ3n) is 3.98. The van der Waals surface area contributed by atoms with Crippen LogP contribution in [0.25, 0.3) is 11.3 Å². The lowest BCUT2D eigenvalue weighted by atomic mass is 10.1. The summed E-state index contributed by atoms with van der Waals surface area (Å²) < 4.78 is 12.8. The Balaban J connectivity index is 2.14. The molecule has 0 amide bonds. The van der Waals surface area contributed by atoms with Crippen molar-refractivity contribution in [2.45, 2.75) is 25.7 Å². The predicted octanol–water partition coefficient (Wildman–Crippen LogP) is 3.54. The fourth-order valence-corrected chi connectivity index (χ4v) is 3.56. The Labute approximate surface area is 139 Å². The van der Waals surface area contributed by atoms with Gasteiger partial charge in [-0.3, -0.25) is 4.99 Å². The Hall–Kier alpha value is -2.08. The summed E-state index contributed by atoms with van der Waals surface area (Å²) in [5.74, 6) is 1.54. The number of hydrogen-bond acceptors (Lipinski definition) is 5. The Kier molecular flexibility index (Phi) is 4.81. The van der Waals surface area contributed by atoms with Crippen LogP contribution in [0, 0.1) is 0 Å². The van der Waals surface area contributed by atoms with Gasteiger partial charge in [-0.15, -0.1) is 11.3 Å². The summed E-state index contributed by atoms with van der Waals surface area (Å²) in [7, 11) is 5.12. The molecule has 6 heteroatoms.